The van der Waals surface area contributed by atoms with Gasteiger partial charge >= 0.3 is 0 Å². The molecule has 0 N–H and O–H groups in total. The molecule has 2 rings (SSSR count). The van der Waals surface area contributed by atoms with Crippen molar-refractivity contribution in [2.24, 2.45) is 7.05 Å². The van der Waals surface area contributed by atoms with Crippen molar-refractivity contribution in [2.75, 3.05) is 7.05 Å². The van der Waals surface area contributed by atoms with Gasteiger partial charge in [0.25, 0.3) is 0 Å². The van der Waals surface area contributed by atoms with Gasteiger partial charge in [-0.1, -0.05) is 18.5 Å². The van der Waals surface area contributed by atoms with E-state index in [0.717, 1.165) is 6.42 Å². The molecule has 21 heavy (non-hydrogen) atoms. The lowest BCUT2D eigenvalue weighted by molar-refractivity contribution is 0.453. The van der Waals surface area contributed by atoms with Gasteiger partial charge in [-0.15, -0.1) is 0 Å². The average molecular weight is 332 g/mol. The maximum atomic E-state index is 12.5. The molecule has 0 saturated carbocycles. The predicted octanol–water partition coefficient (Wildman–Crippen LogP) is 1.50. The highest BCUT2D eigenvalue weighted by atomic mass is 35.5. The van der Waals surface area contributed by atoms with Crippen molar-refractivity contribution in [2.45, 2.75) is 31.3 Å². The fourth-order valence-electron chi connectivity index (χ4n) is 1.92. The normalized spacial score (nSPS) is 12.2. The molecule has 0 fully saturated rings. The topological polar surface area (TPSA) is 73.0 Å². The minimum Gasteiger partial charge on any atom is -0.271 e. The van der Waals surface area contributed by atoms with Crippen LogP contribution in [0.3, 0.4) is 0 Å². The number of hydrogen-bond donors (Lipinski definition) is 0. The van der Waals surface area contributed by atoms with Crippen LogP contribution in [-0.2, 0) is 30.2 Å². The minimum absolute atomic E-state index is 0.149. The van der Waals surface area contributed by atoms with Crippen LogP contribution in [0.25, 0.3) is 0 Å². The van der Waals surface area contributed by atoms with E-state index < -0.39 is 10.0 Å². The van der Waals surface area contributed by atoms with E-state index in [1.807, 2.05) is 6.92 Å². The highest BCUT2D eigenvalue weighted by Crippen LogP contribution is 2.20. The van der Waals surface area contributed by atoms with Crippen LogP contribution in [0.1, 0.15) is 19.0 Å². The van der Waals surface area contributed by atoms with Crippen LogP contribution in [0.4, 0.5) is 0 Å². The molecule has 0 aromatic carbocycles. The Morgan fingerprint density at radius 2 is 2.05 bits per heavy atom. The van der Waals surface area contributed by atoms with Gasteiger partial charge in [-0.05, 0) is 6.42 Å². The molecule has 0 aliphatic rings. The van der Waals surface area contributed by atoms with Crippen molar-refractivity contribution in [3.63, 3.8) is 0 Å². The van der Waals surface area contributed by atoms with Crippen molar-refractivity contribution in [3.8, 4) is 0 Å². The van der Waals surface area contributed by atoms with Crippen LogP contribution in [0, 0.1) is 0 Å². The third kappa shape index (κ3) is 3.28. The van der Waals surface area contributed by atoms with Crippen LogP contribution < -0.4 is 0 Å². The molecule has 0 atom stereocenters. The van der Waals surface area contributed by atoms with Crippen molar-refractivity contribution < 1.29 is 8.42 Å². The van der Waals surface area contributed by atoms with Crippen LogP contribution >= 0.6 is 11.6 Å². The highest BCUT2D eigenvalue weighted by Gasteiger charge is 2.24. The van der Waals surface area contributed by atoms with Gasteiger partial charge < -0.3 is 0 Å². The Hall–Kier alpha value is -1.38. The van der Waals surface area contributed by atoms with Gasteiger partial charge in [0.2, 0.25) is 10.0 Å². The monoisotopic (exact) mass is 331 g/mol. The number of halogens is 1. The second kappa shape index (κ2) is 6.17. The standard InChI is InChI=1S/C12H18ClN5O2S/c1-4-5-18-8-10(6-15-18)21(19,20)16(2)9-12-11(13)7-14-17(12)3/h6-8H,4-5,9H2,1-3H3. The number of sulfonamides is 1. The zero-order valence-electron chi connectivity index (χ0n) is 12.2. The summed E-state index contributed by atoms with van der Waals surface area (Å²) in [7, 11) is -0.363. The Morgan fingerprint density at radius 1 is 1.33 bits per heavy atom. The van der Waals surface area contributed by atoms with Crippen LogP contribution in [0.2, 0.25) is 5.02 Å². The molecule has 0 spiro atoms. The van der Waals surface area contributed by atoms with Gasteiger partial charge in [0, 0.05) is 26.8 Å². The van der Waals surface area contributed by atoms with E-state index >= 15 is 0 Å². The lowest BCUT2D eigenvalue weighted by Gasteiger charge is -2.16. The Bertz CT molecular complexity index is 702. The average Bonchev–Trinajstić information content (AvgIpc) is 3.01. The molecule has 0 aliphatic heterocycles. The fraction of sp³-hybridized carbons (Fsp3) is 0.500. The smallest absolute Gasteiger partial charge is 0.246 e. The largest absolute Gasteiger partial charge is 0.271 e. The molecule has 7 nitrogen and oxygen atoms in total. The third-order valence-corrected chi connectivity index (χ3v) is 5.23. The van der Waals surface area contributed by atoms with E-state index in [1.165, 1.54) is 23.7 Å². The Balaban J connectivity index is 2.22. The summed E-state index contributed by atoms with van der Waals surface area (Å²) in [4.78, 5) is 0.178. The molecular formula is C12H18ClN5O2S. The zero-order chi connectivity index (χ0) is 15.6. The molecule has 9 heteroatoms. The summed E-state index contributed by atoms with van der Waals surface area (Å²) >= 11 is 6.01. The molecule has 116 valence electrons. The zero-order valence-corrected chi connectivity index (χ0v) is 13.8. The summed E-state index contributed by atoms with van der Waals surface area (Å²) in [6.07, 6.45) is 5.30. The number of aromatic nitrogens is 4. The van der Waals surface area contributed by atoms with Gasteiger partial charge in [-0.2, -0.15) is 14.5 Å². The molecule has 0 bridgehead atoms. The second-order valence-electron chi connectivity index (χ2n) is 4.76. The Labute approximate surface area is 129 Å². The van der Waals surface area contributed by atoms with Gasteiger partial charge in [0.05, 0.1) is 29.7 Å². The third-order valence-electron chi connectivity index (χ3n) is 3.15. The SMILES string of the molecule is CCCn1cc(S(=O)(=O)N(C)Cc2c(Cl)cnn2C)cn1. The van der Waals surface area contributed by atoms with Gasteiger partial charge in [0.1, 0.15) is 4.90 Å². The lowest BCUT2D eigenvalue weighted by atomic mass is 10.4. The van der Waals surface area contributed by atoms with Crippen LogP contribution in [0.5, 0.6) is 0 Å². The van der Waals surface area contributed by atoms with E-state index in [1.54, 1.807) is 22.6 Å². The number of hydrogen-bond acceptors (Lipinski definition) is 4. The molecule has 2 aromatic heterocycles. The van der Waals surface area contributed by atoms with Gasteiger partial charge in [0.15, 0.2) is 0 Å². The Morgan fingerprint density at radius 3 is 2.62 bits per heavy atom. The summed E-state index contributed by atoms with van der Waals surface area (Å²) in [6, 6.07) is 0. The summed E-state index contributed by atoms with van der Waals surface area (Å²) in [6.45, 7) is 2.84. The summed E-state index contributed by atoms with van der Waals surface area (Å²) in [5, 5.41) is 8.50. The summed E-state index contributed by atoms with van der Waals surface area (Å²) in [5.41, 5.74) is 0.642. The highest BCUT2D eigenvalue weighted by molar-refractivity contribution is 7.89. The molecule has 0 saturated heterocycles. The fourth-order valence-corrected chi connectivity index (χ4v) is 3.23. The van der Waals surface area contributed by atoms with Crippen molar-refractivity contribution in [3.05, 3.63) is 29.3 Å². The quantitative estimate of drug-likeness (QED) is 0.804. The first-order valence-electron chi connectivity index (χ1n) is 6.51. The molecule has 0 radical (unpaired) electrons. The maximum Gasteiger partial charge on any atom is 0.246 e. The molecule has 2 heterocycles. The van der Waals surface area contributed by atoms with Crippen LogP contribution in [-0.4, -0.2) is 39.3 Å². The van der Waals surface area contributed by atoms with Crippen molar-refractivity contribution in [1.29, 1.82) is 0 Å². The molecule has 2 aromatic rings. The first-order chi connectivity index (χ1) is 9.86. The van der Waals surface area contributed by atoms with Crippen molar-refractivity contribution >= 4 is 21.6 Å². The van der Waals surface area contributed by atoms with Crippen molar-refractivity contribution in [1.82, 2.24) is 23.9 Å². The van der Waals surface area contributed by atoms with E-state index in [2.05, 4.69) is 10.2 Å². The van der Waals surface area contributed by atoms with E-state index in [-0.39, 0.29) is 11.4 Å². The van der Waals surface area contributed by atoms with Gasteiger partial charge in [-0.3, -0.25) is 9.36 Å². The summed E-state index contributed by atoms with van der Waals surface area (Å²) < 4.78 is 29.4. The van der Waals surface area contributed by atoms with E-state index in [9.17, 15) is 8.42 Å². The van der Waals surface area contributed by atoms with E-state index in [0.29, 0.717) is 17.3 Å². The molecule has 0 amide bonds. The first-order valence-corrected chi connectivity index (χ1v) is 8.33. The van der Waals surface area contributed by atoms with Gasteiger partial charge in [-0.25, -0.2) is 8.42 Å². The maximum absolute atomic E-state index is 12.5. The number of aryl methyl sites for hydroxylation is 2. The minimum atomic E-state index is -3.60. The predicted molar refractivity (Wildman–Crippen MR) is 79.4 cm³/mol. The summed E-state index contributed by atoms with van der Waals surface area (Å²) in [5.74, 6) is 0. The van der Waals surface area contributed by atoms with Crippen LogP contribution in [0.15, 0.2) is 23.5 Å². The molecular weight excluding hydrogens is 314 g/mol. The first kappa shape index (κ1) is 16.0. The molecule has 0 aliphatic carbocycles. The lowest BCUT2D eigenvalue weighted by Crippen LogP contribution is -2.27. The Kier molecular flexibility index (Phi) is 4.70. The number of nitrogens with zero attached hydrogens (tertiary/aromatic N) is 5. The second-order valence-corrected chi connectivity index (χ2v) is 7.22. The number of rotatable bonds is 6. The molecule has 0 unspecified atom stereocenters. The van der Waals surface area contributed by atoms with E-state index in [4.69, 9.17) is 11.6 Å².